The van der Waals surface area contributed by atoms with Gasteiger partial charge in [0, 0.05) is 12.3 Å². The summed E-state index contributed by atoms with van der Waals surface area (Å²) in [5.41, 5.74) is 3.00. The minimum Gasteiger partial charge on any atom is -0.370 e. The summed E-state index contributed by atoms with van der Waals surface area (Å²) in [6.07, 6.45) is 1.99. The van der Waals surface area contributed by atoms with E-state index in [1.807, 2.05) is 6.07 Å². The van der Waals surface area contributed by atoms with Crippen LogP contribution in [0.2, 0.25) is 0 Å². The number of aryl methyl sites for hydroxylation is 1. The van der Waals surface area contributed by atoms with E-state index >= 15 is 0 Å². The lowest BCUT2D eigenvalue weighted by Gasteiger charge is -2.06. The first kappa shape index (κ1) is 15.8. The van der Waals surface area contributed by atoms with Gasteiger partial charge in [0.15, 0.2) is 0 Å². The van der Waals surface area contributed by atoms with Gasteiger partial charge in [-0.25, -0.2) is 9.37 Å². The molecule has 3 aromatic rings. The molecule has 0 radical (unpaired) electrons. The third kappa shape index (κ3) is 3.13. The summed E-state index contributed by atoms with van der Waals surface area (Å²) in [6, 6.07) is 9.93. The van der Waals surface area contributed by atoms with Crippen molar-refractivity contribution in [3.63, 3.8) is 0 Å². The predicted molar refractivity (Wildman–Crippen MR) is 93.1 cm³/mol. The van der Waals surface area contributed by atoms with Gasteiger partial charge in [0.1, 0.15) is 17.7 Å². The number of amides is 1. The van der Waals surface area contributed by atoms with E-state index in [1.54, 1.807) is 25.1 Å². The molecule has 1 aliphatic heterocycles. The first-order valence-corrected chi connectivity index (χ1v) is 8.29. The zero-order chi connectivity index (χ0) is 17.4. The van der Waals surface area contributed by atoms with Crippen LogP contribution in [0.25, 0.3) is 11.0 Å². The Morgan fingerprint density at radius 2 is 2.20 bits per heavy atom. The number of carbonyl (C=O) groups excluding carboxylic acids is 1. The third-order valence-corrected chi connectivity index (χ3v) is 4.36. The summed E-state index contributed by atoms with van der Waals surface area (Å²) in [4.78, 5) is 20.1. The van der Waals surface area contributed by atoms with Crippen molar-refractivity contribution in [2.45, 2.75) is 25.9 Å². The summed E-state index contributed by atoms with van der Waals surface area (Å²) >= 11 is 0. The fourth-order valence-electron chi connectivity index (χ4n) is 3.06. The number of imidazole rings is 1. The first-order valence-electron chi connectivity index (χ1n) is 8.29. The molecule has 0 unspecified atom stereocenters. The standard InChI is InChI=1S/C19H18FN3O2/c1-11-4-6-13(14(20)9-11)19(24)21-12-5-7-15-16(10-12)23-18(22-15)17-3-2-8-25-17/h4-7,9-10,17H,2-3,8H2,1H3,(H,21,24)(H,22,23)/t17-/m1/s1. The van der Waals surface area contributed by atoms with Crippen LogP contribution in [0.3, 0.4) is 0 Å². The number of hydrogen-bond donors (Lipinski definition) is 2. The van der Waals surface area contributed by atoms with Crippen molar-refractivity contribution in [3.8, 4) is 0 Å². The molecule has 0 bridgehead atoms. The molecular weight excluding hydrogens is 321 g/mol. The van der Waals surface area contributed by atoms with Gasteiger partial charge in [0.05, 0.1) is 16.6 Å². The average molecular weight is 339 g/mol. The molecule has 4 rings (SSSR count). The number of anilines is 1. The second kappa shape index (κ2) is 6.29. The van der Waals surface area contributed by atoms with Crippen molar-refractivity contribution < 1.29 is 13.9 Å². The van der Waals surface area contributed by atoms with Crippen molar-refractivity contribution in [3.05, 3.63) is 59.2 Å². The predicted octanol–water partition coefficient (Wildman–Crippen LogP) is 4.11. The Kier molecular flexibility index (Phi) is 3.97. The maximum Gasteiger partial charge on any atom is 0.258 e. The monoisotopic (exact) mass is 339 g/mol. The maximum atomic E-state index is 13.9. The van der Waals surface area contributed by atoms with Crippen molar-refractivity contribution in [2.24, 2.45) is 0 Å². The molecule has 1 fully saturated rings. The second-order valence-electron chi connectivity index (χ2n) is 6.29. The lowest BCUT2D eigenvalue weighted by atomic mass is 10.1. The first-order chi connectivity index (χ1) is 12.1. The van der Waals surface area contributed by atoms with Gasteiger partial charge >= 0.3 is 0 Å². The molecule has 0 spiro atoms. The van der Waals surface area contributed by atoms with E-state index in [0.29, 0.717) is 5.69 Å². The average Bonchev–Trinajstić information content (AvgIpc) is 3.23. The number of hydrogen-bond acceptors (Lipinski definition) is 3. The Balaban J connectivity index is 1.57. The summed E-state index contributed by atoms with van der Waals surface area (Å²) in [6.45, 7) is 2.54. The smallest absolute Gasteiger partial charge is 0.258 e. The number of carbonyl (C=O) groups is 1. The van der Waals surface area contributed by atoms with Gasteiger partial charge in [-0.05, 0) is 55.7 Å². The SMILES string of the molecule is Cc1ccc(C(=O)Nc2ccc3nc([C@H]4CCCO4)[nH]c3c2)c(F)c1. The van der Waals surface area contributed by atoms with Crippen molar-refractivity contribution >= 4 is 22.6 Å². The van der Waals surface area contributed by atoms with Crippen molar-refractivity contribution in [1.29, 1.82) is 0 Å². The highest BCUT2D eigenvalue weighted by molar-refractivity contribution is 6.05. The zero-order valence-electron chi connectivity index (χ0n) is 13.8. The lowest BCUT2D eigenvalue weighted by molar-refractivity contribution is 0.102. The summed E-state index contributed by atoms with van der Waals surface area (Å²) in [5.74, 6) is -0.197. The highest BCUT2D eigenvalue weighted by Gasteiger charge is 2.21. The zero-order valence-corrected chi connectivity index (χ0v) is 13.8. The molecular formula is C19H18FN3O2. The van der Waals surface area contributed by atoms with E-state index < -0.39 is 11.7 Å². The van der Waals surface area contributed by atoms with Gasteiger partial charge < -0.3 is 15.0 Å². The Hall–Kier alpha value is -2.73. The Bertz CT molecular complexity index is 945. The molecule has 6 heteroatoms. The van der Waals surface area contributed by atoms with Crippen LogP contribution >= 0.6 is 0 Å². The van der Waals surface area contributed by atoms with Gasteiger partial charge in [0.2, 0.25) is 0 Å². The molecule has 1 aliphatic rings. The van der Waals surface area contributed by atoms with Gasteiger partial charge in [-0.2, -0.15) is 0 Å². The van der Waals surface area contributed by atoms with Crippen LogP contribution in [0.5, 0.6) is 0 Å². The summed E-state index contributed by atoms with van der Waals surface area (Å²) < 4.78 is 19.6. The third-order valence-electron chi connectivity index (χ3n) is 4.36. The van der Waals surface area contributed by atoms with E-state index in [0.717, 1.165) is 41.9 Å². The number of benzene rings is 2. The Morgan fingerprint density at radius 3 is 2.96 bits per heavy atom. The molecule has 25 heavy (non-hydrogen) atoms. The van der Waals surface area contributed by atoms with Crippen LogP contribution in [-0.2, 0) is 4.74 Å². The van der Waals surface area contributed by atoms with Crippen LogP contribution in [0, 0.1) is 12.7 Å². The molecule has 0 saturated carbocycles. The van der Waals surface area contributed by atoms with Crippen molar-refractivity contribution in [1.82, 2.24) is 9.97 Å². The van der Waals surface area contributed by atoms with Crippen LogP contribution in [0.4, 0.5) is 10.1 Å². The van der Waals surface area contributed by atoms with Crippen LogP contribution in [0.15, 0.2) is 36.4 Å². The van der Waals surface area contributed by atoms with E-state index in [1.165, 1.54) is 12.1 Å². The van der Waals surface area contributed by atoms with E-state index in [-0.39, 0.29) is 11.7 Å². The molecule has 5 nitrogen and oxygen atoms in total. The molecule has 1 amide bonds. The number of rotatable bonds is 3. The van der Waals surface area contributed by atoms with Crippen molar-refractivity contribution in [2.75, 3.05) is 11.9 Å². The number of aromatic amines is 1. The van der Waals surface area contributed by atoms with Gasteiger partial charge in [-0.15, -0.1) is 0 Å². The largest absolute Gasteiger partial charge is 0.370 e. The maximum absolute atomic E-state index is 13.9. The minimum absolute atomic E-state index is 0.00657. The summed E-state index contributed by atoms with van der Waals surface area (Å²) in [5, 5.41) is 2.73. The highest BCUT2D eigenvalue weighted by Crippen LogP contribution is 2.28. The Labute approximate surface area is 144 Å². The highest BCUT2D eigenvalue weighted by atomic mass is 19.1. The fraction of sp³-hybridized carbons (Fsp3) is 0.263. The lowest BCUT2D eigenvalue weighted by Crippen LogP contribution is -2.13. The number of fused-ring (bicyclic) bond motifs is 1. The fourth-order valence-corrected chi connectivity index (χ4v) is 3.06. The molecule has 1 atom stereocenters. The normalized spacial score (nSPS) is 17.1. The van der Waals surface area contributed by atoms with Gasteiger partial charge in [-0.1, -0.05) is 6.07 Å². The minimum atomic E-state index is -0.527. The van der Waals surface area contributed by atoms with E-state index in [2.05, 4.69) is 15.3 Å². The number of H-pyrrole nitrogens is 1. The summed E-state index contributed by atoms with van der Waals surface area (Å²) in [7, 11) is 0. The number of nitrogens with zero attached hydrogens (tertiary/aromatic N) is 1. The van der Waals surface area contributed by atoms with Crippen LogP contribution < -0.4 is 5.32 Å². The molecule has 1 aromatic heterocycles. The van der Waals surface area contributed by atoms with E-state index in [4.69, 9.17) is 4.74 Å². The molecule has 2 aromatic carbocycles. The van der Waals surface area contributed by atoms with E-state index in [9.17, 15) is 9.18 Å². The quantitative estimate of drug-likeness (QED) is 0.754. The van der Waals surface area contributed by atoms with Crippen LogP contribution in [0.1, 0.15) is 40.7 Å². The molecule has 128 valence electrons. The number of aromatic nitrogens is 2. The van der Waals surface area contributed by atoms with Gasteiger partial charge in [0.25, 0.3) is 5.91 Å². The molecule has 1 saturated heterocycles. The Morgan fingerprint density at radius 1 is 1.32 bits per heavy atom. The van der Waals surface area contributed by atoms with Gasteiger partial charge in [-0.3, -0.25) is 4.79 Å². The topological polar surface area (TPSA) is 67.0 Å². The molecule has 0 aliphatic carbocycles. The molecule has 2 N–H and O–H groups in total. The molecule has 2 heterocycles. The second-order valence-corrected chi connectivity index (χ2v) is 6.29. The number of nitrogens with one attached hydrogen (secondary N) is 2. The number of halogens is 1. The van der Waals surface area contributed by atoms with Crippen LogP contribution in [-0.4, -0.2) is 22.5 Å². The number of ether oxygens (including phenoxy) is 1.